The van der Waals surface area contributed by atoms with Gasteiger partial charge >= 0.3 is 0 Å². The number of nitrogens with one attached hydrogen (secondary N) is 1. The average Bonchev–Trinajstić information content (AvgIpc) is 3.65. The molecule has 1 fully saturated rings. The van der Waals surface area contributed by atoms with Crippen LogP contribution in [0.1, 0.15) is 45.8 Å². The summed E-state index contributed by atoms with van der Waals surface area (Å²) in [6, 6.07) is 18.5. The first-order valence-electron chi connectivity index (χ1n) is 13.4. The van der Waals surface area contributed by atoms with E-state index in [-0.39, 0.29) is 11.3 Å². The molecule has 7 rings (SSSR count). The van der Waals surface area contributed by atoms with E-state index in [0.29, 0.717) is 23.9 Å². The van der Waals surface area contributed by atoms with Crippen molar-refractivity contribution in [1.29, 1.82) is 0 Å². The Balaban J connectivity index is 1.14. The molecule has 1 N–H and O–H groups in total. The predicted molar refractivity (Wildman–Crippen MR) is 146 cm³/mol. The minimum absolute atomic E-state index is 0.0485. The predicted octanol–water partition coefficient (Wildman–Crippen LogP) is 5.24. The maximum Gasteiger partial charge on any atom is 0.258 e. The fraction of sp³-hybridized carbons (Fsp3) is 0.323. The Morgan fingerprint density at radius 1 is 0.974 bits per heavy atom. The summed E-state index contributed by atoms with van der Waals surface area (Å²) in [5.74, 6) is 2.13. The molecule has 0 saturated carbocycles. The standard InChI is InChI=1S/C31H30N4O3/c1-19-15-24(29-34-33-20(2)38-29)7-8-25(19)21-3-5-22(6-4-21)30(36)35-14-9-23-16-28-26(17-27(23)35)31(18-37-28)10-12-32-13-11-31/h3-8,15-17,32H,9-14,18H2,1-2H3. The summed E-state index contributed by atoms with van der Waals surface area (Å²) < 4.78 is 11.7. The number of carbonyl (C=O) groups is 1. The Labute approximate surface area is 221 Å². The third kappa shape index (κ3) is 3.72. The van der Waals surface area contributed by atoms with E-state index in [0.717, 1.165) is 72.6 Å². The highest BCUT2D eigenvalue weighted by Crippen LogP contribution is 2.48. The topological polar surface area (TPSA) is 80.5 Å². The van der Waals surface area contributed by atoms with Gasteiger partial charge in [0.05, 0.1) is 6.61 Å². The third-order valence-electron chi connectivity index (χ3n) is 8.40. The molecule has 0 atom stereocenters. The second-order valence-electron chi connectivity index (χ2n) is 10.7. The normalized spacial score (nSPS) is 17.4. The van der Waals surface area contributed by atoms with E-state index in [4.69, 9.17) is 9.15 Å². The van der Waals surface area contributed by atoms with Crippen molar-refractivity contribution in [1.82, 2.24) is 15.5 Å². The molecule has 3 aliphatic rings. The summed E-state index contributed by atoms with van der Waals surface area (Å²) >= 11 is 0. The van der Waals surface area contributed by atoms with E-state index in [1.54, 1.807) is 6.92 Å². The molecular weight excluding hydrogens is 476 g/mol. The maximum atomic E-state index is 13.7. The number of piperidine rings is 1. The number of aryl methyl sites for hydroxylation is 2. The first-order valence-corrected chi connectivity index (χ1v) is 13.4. The second kappa shape index (κ2) is 8.81. The average molecular weight is 507 g/mol. The lowest BCUT2D eigenvalue weighted by Crippen LogP contribution is -2.41. The van der Waals surface area contributed by atoms with Gasteiger partial charge < -0.3 is 19.4 Å². The van der Waals surface area contributed by atoms with Crippen molar-refractivity contribution >= 4 is 11.6 Å². The van der Waals surface area contributed by atoms with E-state index in [9.17, 15) is 4.79 Å². The van der Waals surface area contributed by atoms with E-state index < -0.39 is 0 Å². The zero-order chi connectivity index (χ0) is 25.9. The summed E-state index contributed by atoms with van der Waals surface area (Å²) in [6.07, 6.45) is 3.00. The highest BCUT2D eigenvalue weighted by Gasteiger charge is 2.43. The van der Waals surface area contributed by atoms with Crippen molar-refractivity contribution < 1.29 is 13.9 Å². The van der Waals surface area contributed by atoms with Crippen LogP contribution in [0.5, 0.6) is 5.75 Å². The van der Waals surface area contributed by atoms with Gasteiger partial charge in [0.15, 0.2) is 0 Å². The minimum Gasteiger partial charge on any atom is -0.492 e. The molecule has 1 amide bonds. The minimum atomic E-state index is 0.0485. The largest absolute Gasteiger partial charge is 0.492 e. The Morgan fingerprint density at radius 2 is 1.76 bits per heavy atom. The van der Waals surface area contributed by atoms with Gasteiger partial charge in [-0.2, -0.15) is 0 Å². The molecule has 0 unspecified atom stereocenters. The molecule has 192 valence electrons. The molecule has 3 aliphatic heterocycles. The molecule has 1 saturated heterocycles. The summed E-state index contributed by atoms with van der Waals surface area (Å²) in [7, 11) is 0. The Bertz CT molecular complexity index is 1550. The van der Waals surface area contributed by atoms with Crippen LogP contribution in [0.25, 0.3) is 22.6 Å². The molecule has 38 heavy (non-hydrogen) atoms. The Morgan fingerprint density at radius 3 is 2.50 bits per heavy atom. The summed E-state index contributed by atoms with van der Waals surface area (Å²) in [4.78, 5) is 15.6. The molecule has 3 aromatic carbocycles. The fourth-order valence-electron chi connectivity index (χ4n) is 6.25. The quantitative estimate of drug-likeness (QED) is 0.410. The zero-order valence-corrected chi connectivity index (χ0v) is 21.7. The van der Waals surface area contributed by atoms with Gasteiger partial charge in [-0.15, -0.1) is 10.2 Å². The van der Waals surface area contributed by atoms with Crippen LogP contribution >= 0.6 is 0 Å². The maximum absolute atomic E-state index is 13.7. The van der Waals surface area contributed by atoms with Gasteiger partial charge in [0.25, 0.3) is 5.91 Å². The van der Waals surface area contributed by atoms with Crippen molar-refractivity contribution in [2.24, 2.45) is 0 Å². The molecule has 1 spiro atoms. The SMILES string of the molecule is Cc1nnc(-c2ccc(-c3ccc(C(=O)N4CCc5cc6c(cc54)C4(CCNCC4)CO6)cc3)c(C)c2)o1. The Kier molecular flexibility index (Phi) is 5.37. The van der Waals surface area contributed by atoms with E-state index in [1.165, 1.54) is 11.1 Å². The molecule has 7 nitrogen and oxygen atoms in total. The van der Waals surface area contributed by atoms with Gasteiger partial charge in [-0.05, 0) is 97.9 Å². The summed E-state index contributed by atoms with van der Waals surface area (Å²) in [6.45, 7) is 7.31. The number of nitrogens with zero attached hydrogens (tertiary/aromatic N) is 3. The van der Waals surface area contributed by atoms with E-state index >= 15 is 0 Å². The van der Waals surface area contributed by atoms with Crippen molar-refractivity contribution in [3.8, 4) is 28.3 Å². The number of aromatic nitrogens is 2. The molecule has 4 aromatic rings. The lowest BCUT2D eigenvalue weighted by Gasteiger charge is -2.33. The van der Waals surface area contributed by atoms with Crippen LogP contribution < -0.4 is 15.0 Å². The van der Waals surface area contributed by atoms with Crippen LogP contribution in [0.2, 0.25) is 0 Å². The van der Waals surface area contributed by atoms with Crippen molar-refractivity contribution in [3.63, 3.8) is 0 Å². The van der Waals surface area contributed by atoms with E-state index in [2.05, 4.69) is 46.7 Å². The number of carbonyl (C=O) groups excluding carboxylic acids is 1. The molecule has 4 heterocycles. The van der Waals surface area contributed by atoms with Crippen molar-refractivity contribution in [3.05, 3.63) is 82.7 Å². The van der Waals surface area contributed by atoms with Gasteiger partial charge in [0, 0.05) is 41.3 Å². The summed E-state index contributed by atoms with van der Waals surface area (Å²) in [5, 5.41) is 11.5. The fourth-order valence-corrected chi connectivity index (χ4v) is 6.25. The second-order valence-corrected chi connectivity index (χ2v) is 10.7. The first kappa shape index (κ1) is 23.2. The number of anilines is 1. The molecule has 0 bridgehead atoms. The van der Waals surface area contributed by atoms with Crippen LogP contribution in [-0.2, 0) is 11.8 Å². The van der Waals surface area contributed by atoms with Gasteiger partial charge in [-0.25, -0.2) is 0 Å². The first-order chi connectivity index (χ1) is 18.5. The number of amides is 1. The molecule has 0 radical (unpaired) electrons. The van der Waals surface area contributed by atoms with Crippen LogP contribution in [0.15, 0.2) is 59.0 Å². The third-order valence-corrected chi connectivity index (χ3v) is 8.40. The highest BCUT2D eigenvalue weighted by atomic mass is 16.5. The zero-order valence-electron chi connectivity index (χ0n) is 21.7. The number of ether oxygens (including phenoxy) is 1. The molecule has 1 aromatic heterocycles. The number of fused-ring (bicyclic) bond motifs is 3. The Hall–Kier alpha value is -3.97. The van der Waals surface area contributed by atoms with Crippen LogP contribution in [0.4, 0.5) is 5.69 Å². The summed E-state index contributed by atoms with van der Waals surface area (Å²) in [5.41, 5.74) is 8.48. The molecule has 0 aliphatic carbocycles. The van der Waals surface area contributed by atoms with Crippen molar-refractivity contribution in [2.75, 3.05) is 31.1 Å². The lowest BCUT2D eigenvalue weighted by molar-refractivity contribution is 0.0989. The van der Waals surface area contributed by atoms with Gasteiger partial charge in [-0.1, -0.05) is 18.2 Å². The van der Waals surface area contributed by atoms with Crippen LogP contribution in [-0.4, -0.2) is 42.3 Å². The number of hydrogen-bond acceptors (Lipinski definition) is 6. The van der Waals surface area contributed by atoms with Crippen LogP contribution in [0, 0.1) is 13.8 Å². The number of benzene rings is 3. The molecular formula is C31H30N4O3. The smallest absolute Gasteiger partial charge is 0.258 e. The van der Waals surface area contributed by atoms with E-state index in [1.807, 2.05) is 35.2 Å². The van der Waals surface area contributed by atoms with Crippen LogP contribution in [0.3, 0.4) is 0 Å². The molecule has 7 heteroatoms. The van der Waals surface area contributed by atoms with Crippen molar-refractivity contribution in [2.45, 2.75) is 38.5 Å². The van der Waals surface area contributed by atoms with Gasteiger partial charge in [0.2, 0.25) is 11.8 Å². The highest BCUT2D eigenvalue weighted by molar-refractivity contribution is 6.07. The number of hydrogen-bond donors (Lipinski definition) is 1. The lowest BCUT2D eigenvalue weighted by atomic mass is 9.74. The van der Waals surface area contributed by atoms with Gasteiger partial charge in [0.1, 0.15) is 5.75 Å². The number of rotatable bonds is 3. The monoisotopic (exact) mass is 506 g/mol. The van der Waals surface area contributed by atoms with Gasteiger partial charge in [-0.3, -0.25) is 4.79 Å².